The first-order chi connectivity index (χ1) is 17.5. The predicted molar refractivity (Wildman–Crippen MR) is 140 cm³/mol. The molecule has 0 saturated heterocycles. The summed E-state index contributed by atoms with van der Waals surface area (Å²) in [5.41, 5.74) is 2.01. The van der Waals surface area contributed by atoms with Crippen LogP contribution in [0.3, 0.4) is 0 Å². The van der Waals surface area contributed by atoms with Crippen LogP contribution in [0.25, 0.3) is 15.7 Å². The molecule has 8 nitrogen and oxygen atoms in total. The fraction of sp³-hybridized carbons (Fsp3) is 0.296. The molecule has 0 amide bonds. The van der Waals surface area contributed by atoms with Gasteiger partial charge < -0.3 is 15.1 Å². The van der Waals surface area contributed by atoms with Crippen molar-refractivity contribution in [3.05, 3.63) is 94.2 Å². The summed E-state index contributed by atoms with van der Waals surface area (Å²) in [5.74, 6) is 0.415. The minimum atomic E-state index is -3.44. The van der Waals surface area contributed by atoms with Crippen molar-refractivity contribution in [2.24, 2.45) is 0 Å². The Morgan fingerprint density at radius 1 is 1.06 bits per heavy atom. The number of pyridine rings is 1. The van der Waals surface area contributed by atoms with Crippen LogP contribution in [0.15, 0.2) is 76.6 Å². The van der Waals surface area contributed by atoms with E-state index in [1.807, 2.05) is 41.1 Å². The van der Waals surface area contributed by atoms with E-state index >= 15 is 0 Å². The largest absolute Gasteiger partial charge is 0.338 e. The third-order valence-electron chi connectivity index (χ3n) is 6.78. The SMILES string of the molecule is [C-]#[N+][C@H]1CCCC[C@@H]1n1nc(Nc2ccc(S(=O)(=O)CCc3ccccc3)cc2)c2c(=O)[nH]ccc21. The van der Waals surface area contributed by atoms with Gasteiger partial charge in [0.05, 0.1) is 16.2 Å². The highest BCUT2D eigenvalue weighted by atomic mass is 32.2. The highest BCUT2D eigenvalue weighted by molar-refractivity contribution is 7.91. The van der Waals surface area contributed by atoms with Crippen molar-refractivity contribution < 1.29 is 8.42 Å². The maximum absolute atomic E-state index is 12.8. The van der Waals surface area contributed by atoms with E-state index in [2.05, 4.69) is 15.1 Å². The summed E-state index contributed by atoms with van der Waals surface area (Å²) in [5, 5.41) is 8.34. The zero-order chi connectivity index (χ0) is 25.1. The summed E-state index contributed by atoms with van der Waals surface area (Å²) in [6.45, 7) is 7.61. The van der Waals surface area contributed by atoms with Crippen LogP contribution in [0.4, 0.5) is 11.5 Å². The number of rotatable bonds is 7. The molecule has 1 aliphatic carbocycles. The second-order valence-electron chi connectivity index (χ2n) is 9.11. The number of H-pyrrole nitrogens is 1. The first kappa shape index (κ1) is 23.8. The van der Waals surface area contributed by atoms with Gasteiger partial charge in [-0.1, -0.05) is 36.8 Å². The minimum absolute atomic E-state index is 0.0256. The molecular formula is C27H27N5O3S. The number of aromatic amines is 1. The number of fused-ring (bicyclic) bond motifs is 1. The highest BCUT2D eigenvalue weighted by Crippen LogP contribution is 2.35. The van der Waals surface area contributed by atoms with Gasteiger partial charge in [0.15, 0.2) is 15.7 Å². The molecule has 9 heteroatoms. The maximum Gasteiger partial charge on any atom is 0.261 e. The zero-order valence-corrected chi connectivity index (χ0v) is 20.5. The monoisotopic (exact) mass is 501 g/mol. The summed E-state index contributed by atoms with van der Waals surface area (Å²) in [7, 11) is -3.44. The molecular weight excluding hydrogens is 474 g/mol. The lowest BCUT2D eigenvalue weighted by Gasteiger charge is -2.24. The number of sulfone groups is 1. The van der Waals surface area contributed by atoms with Gasteiger partial charge in [0.25, 0.3) is 5.56 Å². The van der Waals surface area contributed by atoms with E-state index in [9.17, 15) is 13.2 Å². The smallest absolute Gasteiger partial charge is 0.261 e. The van der Waals surface area contributed by atoms with Crippen molar-refractivity contribution in [1.29, 1.82) is 0 Å². The molecule has 2 N–H and O–H groups in total. The molecule has 0 radical (unpaired) electrons. The Morgan fingerprint density at radius 3 is 2.56 bits per heavy atom. The number of benzene rings is 2. The molecule has 184 valence electrons. The summed E-state index contributed by atoms with van der Waals surface area (Å²) >= 11 is 0. The van der Waals surface area contributed by atoms with E-state index in [0.29, 0.717) is 28.8 Å². The predicted octanol–water partition coefficient (Wildman–Crippen LogP) is 4.89. The standard InChI is InChI=1S/C27H27N5O3S/c1-28-22-9-5-6-10-23(22)32-24-15-17-29-27(33)25(24)26(31-32)30-20-11-13-21(14-12-20)36(34,35)18-16-19-7-3-2-4-8-19/h2-4,7-8,11-15,17,22-23H,5-6,9-10,16,18H2,(H,29,33)(H,30,31)/t22-,23-/m0/s1. The lowest BCUT2D eigenvalue weighted by molar-refractivity contribution is 0.321. The van der Waals surface area contributed by atoms with Crippen LogP contribution >= 0.6 is 0 Å². The molecule has 36 heavy (non-hydrogen) atoms. The van der Waals surface area contributed by atoms with Crippen LogP contribution < -0.4 is 10.9 Å². The van der Waals surface area contributed by atoms with Crippen molar-refractivity contribution in [2.45, 2.75) is 49.1 Å². The normalized spacial score (nSPS) is 18.1. The van der Waals surface area contributed by atoms with Gasteiger partial charge in [-0.25, -0.2) is 15.0 Å². The van der Waals surface area contributed by atoms with Crippen LogP contribution in [0, 0.1) is 6.57 Å². The van der Waals surface area contributed by atoms with E-state index in [1.165, 1.54) is 0 Å². The van der Waals surface area contributed by atoms with Gasteiger partial charge in [-0.2, -0.15) is 5.10 Å². The van der Waals surface area contributed by atoms with Gasteiger partial charge in [0, 0.05) is 18.3 Å². The second kappa shape index (κ2) is 9.99. The molecule has 2 heterocycles. The van der Waals surface area contributed by atoms with Crippen LogP contribution in [0.5, 0.6) is 0 Å². The number of nitrogens with one attached hydrogen (secondary N) is 2. The summed E-state index contributed by atoms with van der Waals surface area (Å²) in [6.07, 6.45) is 5.74. The van der Waals surface area contributed by atoms with Crippen LogP contribution in [0.2, 0.25) is 0 Å². The van der Waals surface area contributed by atoms with E-state index < -0.39 is 9.84 Å². The lowest BCUT2D eigenvalue weighted by atomic mass is 9.91. The molecule has 2 atom stereocenters. The fourth-order valence-electron chi connectivity index (χ4n) is 4.86. The van der Waals surface area contributed by atoms with Crippen molar-refractivity contribution in [1.82, 2.24) is 14.8 Å². The summed E-state index contributed by atoms with van der Waals surface area (Å²) < 4.78 is 27.5. The molecule has 1 saturated carbocycles. The average molecular weight is 502 g/mol. The third-order valence-corrected chi connectivity index (χ3v) is 8.51. The zero-order valence-electron chi connectivity index (χ0n) is 19.7. The minimum Gasteiger partial charge on any atom is -0.338 e. The number of nitrogens with zero attached hydrogens (tertiary/aromatic N) is 3. The first-order valence-corrected chi connectivity index (χ1v) is 13.7. The molecule has 0 aliphatic heterocycles. The molecule has 0 unspecified atom stereocenters. The Labute approximate surface area is 209 Å². The number of aryl methyl sites for hydroxylation is 1. The third kappa shape index (κ3) is 4.77. The quantitative estimate of drug-likeness (QED) is 0.351. The summed E-state index contributed by atoms with van der Waals surface area (Å²) in [4.78, 5) is 19.5. The van der Waals surface area contributed by atoms with Gasteiger partial charge in [-0.15, -0.1) is 0 Å². The Kier molecular flexibility index (Phi) is 6.61. The molecule has 4 aromatic rings. The van der Waals surface area contributed by atoms with E-state index in [0.717, 1.165) is 31.2 Å². The average Bonchev–Trinajstić information content (AvgIpc) is 3.27. The molecule has 0 spiro atoms. The summed E-state index contributed by atoms with van der Waals surface area (Å²) in [6, 6.07) is 17.6. The molecule has 1 fully saturated rings. The van der Waals surface area contributed by atoms with E-state index in [1.54, 1.807) is 30.5 Å². The van der Waals surface area contributed by atoms with Gasteiger partial charge in [0.1, 0.15) is 11.4 Å². The van der Waals surface area contributed by atoms with Gasteiger partial charge in [0.2, 0.25) is 6.04 Å². The molecule has 2 aromatic carbocycles. The Hall–Kier alpha value is -3.90. The molecule has 0 bridgehead atoms. The van der Waals surface area contributed by atoms with Crippen LogP contribution in [-0.4, -0.2) is 35.0 Å². The Balaban J connectivity index is 1.40. The number of aromatic nitrogens is 3. The fourth-order valence-corrected chi connectivity index (χ4v) is 6.16. The van der Waals surface area contributed by atoms with Gasteiger partial charge >= 0.3 is 0 Å². The van der Waals surface area contributed by atoms with Gasteiger partial charge in [-0.05, 0) is 55.2 Å². The maximum atomic E-state index is 12.8. The number of hydrogen-bond acceptors (Lipinski definition) is 5. The Morgan fingerprint density at radius 2 is 1.81 bits per heavy atom. The van der Waals surface area contributed by atoms with Crippen LogP contribution in [-0.2, 0) is 16.3 Å². The molecule has 2 aromatic heterocycles. The van der Waals surface area contributed by atoms with Crippen molar-refractivity contribution in [3.8, 4) is 0 Å². The molecule has 5 rings (SSSR count). The van der Waals surface area contributed by atoms with E-state index in [-0.39, 0.29) is 28.3 Å². The van der Waals surface area contributed by atoms with Gasteiger partial charge in [-0.3, -0.25) is 9.48 Å². The number of anilines is 2. The Bertz CT molecular complexity index is 1570. The lowest BCUT2D eigenvalue weighted by Crippen LogP contribution is -2.26. The van der Waals surface area contributed by atoms with E-state index in [4.69, 9.17) is 11.7 Å². The topological polar surface area (TPSA) is 101 Å². The second-order valence-corrected chi connectivity index (χ2v) is 11.2. The van der Waals surface area contributed by atoms with Crippen molar-refractivity contribution in [3.63, 3.8) is 0 Å². The highest BCUT2D eigenvalue weighted by Gasteiger charge is 2.33. The molecule has 1 aliphatic rings. The van der Waals surface area contributed by atoms with Crippen molar-refractivity contribution >= 4 is 32.2 Å². The first-order valence-electron chi connectivity index (χ1n) is 12.1. The van der Waals surface area contributed by atoms with Crippen LogP contribution in [0.1, 0.15) is 37.3 Å². The number of hydrogen-bond donors (Lipinski definition) is 2. The van der Waals surface area contributed by atoms with Crippen molar-refractivity contribution in [2.75, 3.05) is 11.1 Å².